The maximum absolute atomic E-state index is 11.3. The fraction of sp³-hybridized carbons (Fsp3) is 0.714. The number of thiazole rings is 1. The molecule has 0 aliphatic heterocycles. The maximum atomic E-state index is 11.3. The molecular weight excluding hydrogens is 278 g/mol. The Labute approximate surface area is 123 Å². The van der Waals surface area contributed by atoms with E-state index in [1.165, 1.54) is 17.8 Å². The molecule has 0 bridgehead atoms. The first-order valence-corrected chi connectivity index (χ1v) is 8.67. The number of thioether (sulfide) groups is 1. The van der Waals surface area contributed by atoms with Crippen molar-refractivity contribution in [3.8, 4) is 0 Å². The van der Waals surface area contributed by atoms with Gasteiger partial charge in [0.2, 0.25) is 0 Å². The Balaban J connectivity index is 1.75. The summed E-state index contributed by atoms with van der Waals surface area (Å²) in [5, 5.41) is 3.37. The molecule has 0 unspecified atom stereocenters. The third-order valence-corrected chi connectivity index (χ3v) is 5.94. The van der Waals surface area contributed by atoms with Crippen LogP contribution in [-0.4, -0.2) is 23.8 Å². The van der Waals surface area contributed by atoms with E-state index in [1.54, 1.807) is 11.3 Å². The van der Waals surface area contributed by atoms with Crippen LogP contribution >= 0.6 is 23.1 Å². The molecule has 1 aliphatic rings. The highest BCUT2D eigenvalue weighted by Gasteiger charge is 2.44. The molecule has 1 heterocycles. The summed E-state index contributed by atoms with van der Waals surface area (Å²) < 4.78 is 4.76. The van der Waals surface area contributed by atoms with Crippen molar-refractivity contribution in [1.82, 2.24) is 4.98 Å². The Kier molecular flexibility index (Phi) is 4.90. The molecule has 0 saturated heterocycles. The first-order valence-electron chi connectivity index (χ1n) is 6.63. The van der Waals surface area contributed by atoms with E-state index in [2.05, 4.69) is 24.2 Å². The Morgan fingerprint density at radius 2 is 2.32 bits per heavy atom. The molecule has 1 aromatic rings. The molecule has 0 amide bonds. The number of hydrogen-bond donors (Lipinski definition) is 0. The third kappa shape index (κ3) is 4.21. The van der Waals surface area contributed by atoms with Crippen LogP contribution in [0.1, 0.15) is 49.7 Å². The number of nitrogens with zero attached hydrogens (tertiary/aromatic N) is 1. The SMILES string of the molecule is COC(=O)CC1(CSCc2csc(C(C)C)n2)CC1. The second kappa shape index (κ2) is 6.27. The van der Waals surface area contributed by atoms with Gasteiger partial charge in [-0.1, -0.05) is 13.8 Å². The summed E-state index contributed by atoms with van der Waals surface area (Å²) in [5.74, 6) is 2.43. The summed E-state index contributed by atoms with van der Waals surface area (Å²) in [4.78, 5) is 16.0. The Bertz CT molecular complexity index is 438. The van der Waals surface area contributed by atoms with Crippen molar-refractivity contribution in [2.45, 2.75) is 44.8 Å². The van der Waals surface area contributed by atoms with Gasteiger partial charge in [0.25, 0.3) is 0 Å². The van der Waals surface area contributed by atoms with Crippen molar-refractivity contribution in [3.05, 3.63) is 16.1 Å². The lowest BCUT2D eigenvalue weighted by Crippen LogP contribution is -2.13. The topological polar surface area (TPSA) is 39.2 Å². The van der Waals surface area contributed by atoms with E-state index in [1.807, 2.05) is 11.8 Å². The highest BCUT2D eigenvalue weighted by Crippen LogP contribution is 2.51. The standard InChI is InChI=1S/C14H21NO2S2/c1-10(2)13-15-11(8-19-13)7-18-9-14(4-5-14)6-12(16)17-3/h8,10H,4-7,9H2,1-3H3. The summed E-state index contributed by atoms with van der Waals surface area (Å²) >= 11 is 3.64. The van der Waals surface area contributed by atoms with E-state index in [0.717, 1.165) is 24.3 Å². The van der Waals surface area contributed by atoms with E-state index in [-0.39, 0.29) is 11.4 Å². The average Bonchev–Trinajstić information content (AvgIpc) is 2.95. The molecule has 0 radical (unpaired) electrons. The number of carbonyl (C=O) groups is 1. The van der Waals surface area contributed by atoms with E-state index in [4.69, 9.17) is 4.74 Å². The molecule has 1 aliphatic carbocycles. The Morgan fingerprint density at radius 3 is 2.84 bits per heavy atom. The van der Waals surface area contributed by atoms with Gasteiger partial charge in [0, 0.05) is 17.1 Å². The minimum atomic E-state index is -0.0751. The largest absolute Gasteiger partial charge is 0.469 e. The normalized spacial score (nSPS) is 16.6. The number of carbonyl (C=O) groups excluding carboxylic acids is 1. The zero-order chi connectivity index (χ0) is 13.9. The molecule has 0 N–H and O–H groups in total. The summed E-state index contributed by atoms with van der Waals surface area (Å²) in [7, 11) is 1.47. The number of esters is 1. The fourth-order valence-corrected chi connectivity index (χ4v) is 4.18. The molecule has 1 fully saturated rings. The second-order valence-corrected chi connectivity index (χ2v) is 7.45. The van der Waals surface area contributed by atoms with Gasteiger partial charge in [-0.3, -0.25) is 4.79 Å². The van der Waals surface area contributed by atoms with Gasteiger partial charge in [-0.2, -0.15) is 11.8 Å². The number of hydrogen-bond acceptors (Lipinski definition) is 5. The Morgan fingerprint density at radius 1 is 1.58 bits per heavy atom. The quantitative estimate of drug-likeness (QED) is 0.717. The first kappa shape index (κ1) is 14.9. The molecule has 1 saturated carbocycles. The van der Waals surface area contributed by atoms with E-state index >= 15 is 0 Å². The zero-order valence-electron chi connectivity index (χ0n) is 11.8. The van der Waals surface area contributed by atoms with Gasteiger partial charge in [-0.05, 0) is 24.0 Å². The molecule has 5 heteroatoms. The van der Waals surface area contributed by atoms with Crippen molar-refractivity contribution in [2.24, 2.45) is 5.41 Å². The molecule has 0 spiro atoms. The van der Waals surface area contributed by atoms with Crippen LogP contribution in [0.5, 0.6) is 0 Å². The summed E-state index contributed by atoms with van der Waals surface area (Å²) in [6, 6.07) is 0. The molecule has 3 nitrogen and oxygen atoms in total. The second-order valence-electron chi connectivity index (χ2n) is 5.58. The van der Waals surface area contributed by atoms with E-state index in [0.29, 0.717) is 12.3 Å². The van der Waals surface area contributed by atoms with Crippen LogP contribution in [0, 0.1) is 5.41 Å². The molecule has 1 aromatic heterocycles. The van der Waals surface area contributed by atoms with Gasteiger partial charge in [-0.15, -0.1) is 11.3 Å². The number of aromatic nitrogens is 1. The maximum Gasteiger partial charge on any atom is 0.306 e. The summed E-state index contributed by atoms with van der Waals surface area (Å²) in [6.07, 6.45) is 2.89. The lowest BCUT2D eigenvalue weighted by molar-refractivity contribution is -0.141. The minimum Gasteiger partial charge on any atom is -0.469 e. The van der Waals surface area contributed by atoms with Crippen molar-refractivity contribution >= 4 is 29.1 Å². The monoisotopic (exact) mass is 299 g/mol. The fourth-order valence-electron chi connectivity index (χ4n) is 1.95. The van der Waals surface area contributed by atoms with Gasteiger partial charge in [-0.25, -0.2) is 4.98 Å². The Hall–Kier alpha value is -0.550. The van der Waals surface area contributed by atoms with Gasteiger partial charge in [0.05, 0.1) is 24.2 Å². The van der Waals surface area contributed by atoms with Crippen molar-refractivity contribution in [2.75, 3.05) is 12.9 Å². The van der Waals surface area contributed by atoms with Crippen molar-refractivity contribution < 1.29 is 9.53 Å². The molecular formula is C14H21NO2S2. The smallest absolute Gasteiger partial charge is 0.306 e. The van der Waals surface area contributed by atoms with Crippen LogP contribution < -0.4 is 0 Å². The number of methoxy groups -OCH3 is 1. The number of rotatable bonds is 7. The lowest BCUT2D eigenvalue weighted by atomic mass is 10.1. The van der Waals surface area contributed by atoms with Crippen molar-refractivity contribution in [3.63, 3.8) is 0 Å². The van der Waals surface area contributed by atoms with Crippen LogP contribution in [-0.2, 0) is 15.3 Å². The van der Waals surface area contributed by atoms with Crippen molar-refractivity contribution in [1.29, 1.82) is 0 Å². The van der Waals surface area contributed by atoms with E-state index < -0.39 is 0 Å². The minimum absolute atomic E-state index is 0.0751. The van der Waals surface area contributed by atoms with Gasteiger partial charge < -0.3 is 4.74 Å². The van der Waals surface area contributed by atoms with Gasteiger partial charge in [0.1, 0.15) is 0 Å². The zero-order valence-corrected chi connectivity index (χ0v) is 13.4. The average molecular weight is 299 g/mol. The summed E-state index contributed by atoms with van der Waals surface area (Å²) in [5.41, 5.74) is 1.39. The van der Waals surface area contributed by atoms with Gasteiger partial charge >= 0.3 is 5.97 Å². The van der Waals surface area contributed by atoms with Crippen LogP contribution in [0.3, 0.4) is 0 Å². The lowest BCUT2D eigenvalue weighted by Gasteiger charge is -2.12. The van der Waals surface area contributed by atoms with E-state index in [9.17, 15) is 4.79 Å². The molecule has 0 atom stereocenters. The highest BCUT2D eigenvalue weighted by molar-refractivity contribution is 7.98. The first-order chi connectivity index (χ1) is 9.04. The molecule has 2 rings (SSSR count). The third-order valence-electron chi connectivity index (χ3n) is 3.43. The predicted octanol–water partition coefficient (Wildman–Crippen LogP) is 3.84. The molecule has 0 aromatic carbocycles. The molecule has 19 heavy (non-hydrogen) atoms. The van der Waals surface area contributed by atoms with Crippen LogP contribution in [0.25, 0.3) is 0 Å². The van der Waals surface area contributed by atoms with Crippen LogP contribution in [0.2, 0.25) is 0 Å². The number of ether oxygens (including phenoxy) is 1. The van der Waals surface area contributed by atoms with Crippen LogP contribution in [0.15, 0.2) is 5.38 Å². The van der Waals surface area contributed by atoms with Crippen LogP contribution in [0.4, 0.5) is 0 Å². The predicted molar refractivity (Wildman–Crippen MR) is 80.7 cm³/mol. The highest BCUT2D eigenvalue weighted by atomic mass is 32.2. The van der Waals surface area contributed by atoms with Gasteiger partial charge in [0.15, 0.2) is 0 Å². The summed E-state index contributed by atoms with van der Waals surface area (Å²) in [6.45, 7) is 4.34. The molecule has 106 valence electrons.